The molecule has 2 saturated heterocycles. The second-order valence-corrected chi connectivity index (χ2v) is 15.2. The Kier molecular flexibility index (Phi) is 10.6. The lowest BCUT2D eigenvalue weighted by molar-refractivity contribution is 0.0484. The van der Waals surface area contributed by atoms with Crippen LogP contribution in [0.3, 0.4) is 0 Å². The van der Waals surface area contributed by atoms with Crippen LogP contribution in [0.5, 0.6) is 11.8 Å². The van der Waals surface area contributed by atoms with Gasteiger partial charge in [-0.2, -0.15) is 9.97 Å². The van der Waals surface area contributed by atoms with Crippen molar-refractivity contribution >= 4 is 33.6 Å². The van der Waals surface area contributed by atoms with Crippen LogP contribution < -0.4 is 14.8 Å². The Hall–Kier alpha value is -4.33. The van der Waals surface area contributed by atoms with Gasteiger partial charge < -0.3 is 34.1 Å². The maximum atomic E-state index is 17.2. The van der Waals surface area contributed by atoms with E-state index >= 15 is 4.39 Å². The number of carbonyl (C=O) groups excluding carboxylic acids is 1. The third kappa shape index (κ3) is 7.06. The van der Waals surface area contributed by atoms with E-state index in [-0.39, 0.29) is 47.2 Å². The van der Waals surface area contributed by atoms with Crippen molar-refractivity contribution in [2.24, 2.45) is 0 Å². The molecule has 4 heterocycles. The summed E-state index contributed by atoms with van der Waals surface area (Å²) in [7, 11) is 9.14. The number of ether oxygens (including phenoxy) is 4. The highest BCUT2D eigenvalue weighted by Crippen LogP contribution is 2.44. The van der Waals surface area contributed by atoms with E-state index in [2.05, 4.69) is 42.2 Å². The van der Waals surface area contributed by atoms with Crippen LogP contribution in [0.4, 0.5) is 15.0 Å². The Bertz CT molecular complexity index is 1970. The first-order valence-corrected chi connectivity index (χ1v) is 18.8. The largest absolute Gasteiger partial charge is 0.468 e. The minimum absolute atomic E-state index is 0.0134. The Labute approximate surface area is 310 Å². The van der Waals surface area contributed by atoms with Gasteiger partial charge in [0.05, 0.1) is 10.9 Å². The number of fused-ring (bicyclic) bond motifs is 3. The third-order valence-corrected chi connectivity index (χ3v) is 11.8. The molecule has 0 bridgehead atoms. The number of hydrogen-bond acceptors (Lipinski definition) is 11. The average molecular weight is 730 g/mol. The molecule has 12 nitrogen and oxygen atoms in total. The molecule has 7 rings (SSSR count). The Morgan fingerprint density at radius 1 is 1.08 bits per heavy atom. The molecule has 2 aliphatic heterocycles. The van der Waals surface area contributed by atoms with Crippen LogP contribution in [0.15, 0.2) is 36.5 Å². The van der Waals surface area contributed by atoms with Crippen LogP contribution in [0, 0.1) is 5.82 Å². The summed E-state index contributed by atoms with van der Waals surface area (Å²) in [5, 5.41) is 5.88. The molecule has 2 atom stereocenters. The maximum Gasteiger partial charge on any atom is 0.409 e. The molecule has 53 heavy (non-hydrogen) atoms. The van der Waals surface area contributed by atoms with Gasteiger partial charge in [0, 0.05) is 51.1 Å². The lowest BCUT2D eigenvalue weighted by Gasteiger charge is -2.47. The molecule has 3 fully saturated rings. The van der Waals surface area contributed by atoms with Crippen molar-refractivity contribution < 1.29 is 28.1 Å². The van der Waals surface area contributed by atoms with Crippen molar-refractivity contribution in [1.29, 1.82) is 0 Å². The van der Waals surface area contributed by atoms with Crippen molar-refractivity contribution in [3.8, 4) is 23.0 Å². The van der Waals surface area contributed by atoms with E-state index in [0.29, 0.717) is 42.3 Å². The van der Waals surface area contributed by atoms with Gasteiger partial charge in [0.1, 0.15) is 36.0 Å². The van der Waals surface area contributed by atoms with Crippen molar-refractivity contribution in [2.75, 3.05) is 73.7 Å². The summed E-state index contributed by atoms with van der Waals surface area (Å²) in [6.07, 6.45) is 9.14. The molecule has 1 saturated carbocycles. The Morgan fingerprint density at radius 2 is 1.91 bits per heavy atom. The molecule has 1 aliphatic carbocycles. The first-order chi connectivity index (χ1) is 25.6. The highest BCUT2D eigenvalue weighted by atomic mass is 19.1. The number of nitrogens with one attached hydrogen (secondary N) is 1. The summed E-state index contributed by atoms with van der Waals surface area (Å²) in [6, 6.07) is 10.1. The van der Waals surface area contributed by atoms with Crippen molar-refractivity contribution in [2.45, 2.75) is 75.4 Å². The highest BCUT2D eigenvalue weighted by Gasteiger charge is 2.50. The smallest absolute Gasteiger partial charge is 0.409 e. The lowest BCUT2D eigenvalue weighted by atomic mass is 9.75. The molecule has 13 heteroatoms. The minimum Gasteiger partial charge on any atom is -0.468 e. The molecule has 284 valence electrons. The average Bonchev–Trinajstić information content (AvgIpc) is 3.70. The van der Waals surface area contributed by atoms with Gasteiger partial charge in [0.15, 0.2) is 12.6 Å². The third-order valence-electron chi connectivity index (χ3n) is 11.8. The van der Waals surface area contributed by atoms with E-state index in [0.717, 1.165) is 74.2 Å². The zero-order valence-corrected chi connectivity index (χ0v) is 31.8. The molecule has 1 amide bonds. The second-order valence-electron chi connectivity index (χ2n) is 15.2. The fourth-order valence-electron chi connectivity index (χ4n) is 8.49. The predicted octanol–water partition coefficient (Wildman–Crippen LogP) is 6.50. The van der Waals surface area contributed by atoms with Crippen LogP contribution in [0.2, 0.25) is 0 Å². The van der Waals surface area contributed by atoms with E-state index in [4.69, 9.17) is 33.9 Å². The zero-order chi connectivity index (χ0) is 37.3. The molecule has 3 aliphatic rings. The molecule has 4 aromatic rings. The number of benzene rings is 2. The summed E-state index contributed by atoms with van der Waals surface area (Å²) < 4.78 is 40.3. The number of anilines is 1. The summed E-state index contributed by atoms with van der Waals surface area (Å²) in [6.45, 7) is 4.37. The van der Waals surface area contributed by atoms with Crippen molar-refractivity contribution in [1.82, 2.24) is 29.7 Å². The standard InChI is InChI=1S/C40H52FN7O5/c1-7-26-11-8-12-27-19-29(53-25-50-6)20-30(32(26)27)34-33(41)35-31(21-42-34)36(43-23-39(47(4)5)14-9-15-39)45-37(44-35)52-24-40-16-10-18-48(40)28(13-17-40)22-51-38(49)46(2)3/h8,11-12,19-21,28H,7,9-10,13-18,22-25H2,1-6H3,(H,43,44,45)/t28-,40-/m1/s1. The van der Waals surface area contributed by atoms with Crippen LogP contribution in [-0.4, -0.2) is 121 Å². The maximum absolute atomic E-state index is 17.2. The van der Waals surface area contributed by atoms with Crippen LogP contribution >= 0.6 is 0 Å². The quantitative estimate of drug-likeness (QED) is 0.144. The molecule has 0 spiro atoms. The molecule has 2 aromatic heterocycles. The van der Waals surface area contributed by atoms with E-state index in [1.807, 2.05) is 24.3 Å². The van der Waals surface area contributed by atoms with Gasteiger partial charge in [-0.05, 0) is 100 Å². The van der Waals surface area contributed by atoms with Crippen LogP contribution in [0.25, 0.3) is 32.9 Å². The Balaban J connectivity index is 1.26. The van der Waals surface area contributed by atoms with Gasteiger partial charge in [-0.15, -0.1) is 0 Å². The van der Waals surface area contributed by atoms with Gasteiger partial charge >= 0.3 is 12.1 Å². The summed E-state index contributed by atoms with van der Waals surface area (Å²) in [5.74, 6) is 0.497. The van der Waals surface area contributed by atoms with Crippen LogP contribution in [0.1, 0.15) is 57.4 Å². The number of nitrogens with zero attached hydrogens (tertiary/aromatic N) is 6. The van der Waals surface area contributed by atoms with Gasteiger partial charge in [-0.3, -0.25) is 9.88 Å². The number of rotatable bonds is 14. The minimum atomic E-state index is -0.552. The molecular formula is C40H52FN7O5. The first kappa shape index (κ1) is 37.0. The number of amides is 1. The number of pyridine rings is 1. The molecule has 1 N–H and O–H groups in total. The van der Waals surface area contributed by atoms with Gasteiger partial charge in [-0.25, -0.2) is 9.18 Å². The molecular weight excluding hydrogens is 677 g/mol. The van der Waals surface area contributed by atoms with Gasteiger partial charge in [0.2, 0.25) is 0 Å². The summed E-state index contributed by atoms with van der Waals surface area (Å²) in [4.78, 5) is 32.7. The molecule has 2 aromatic carbocycles. The molecule has 0 unspecified atom stereocenters. The van der Waals surface area contributed by atoms with Crippen molar-refractivity contribution in [3.05, 3.63) is 47.9 Å². The SMILES string of the molecule is CCc1cccc2cc(OCOC)cc(-c3ncc4c(NCC5(N(C)C)CCC5)nc(OC[C@]56CCCN5[C@@H](COC(=O)N(C)C)CC6)nc4c3F)c12. The number of aryl methyl sites for hydroxylation is 1. The van der Waals surface area contributed by atoms with Crippen LogP contribution in [-0.2, 0) is 15.9 Å². The number of carbonyl (C=O) groups is 1. The fraction of sp³-hybridized carbons (Fsp3) is 0.550. The predicted molar refractivity (Wildman–Crippen MR) is 203 cm³/mol. The second kappa shape index (κ2) is 15.2. The summed E-state index contributed by atoms with van der Waals surface area (Å²) in [5.41, 5.74) is 1.77. The van der Waals surface area contributed by atoms with Gasteiger partial charge in [0.25, 0.3) is 0 Å². The number of aromatic nitrogens is 3. The summed E-state index contributed by atoms with van der Waals surface area (Å²) >= 11 is 0. The van der Waals surface area contributed by atoms with E-state index in [1.165, 1.54) is 4.90 Å². The number of methoxy groups -OCH3 is 1. The monoisotopic (exact) mass is 729 g/mol. The highest BCUT2D eigenvalue weighted by molar-refractivity contribution is 6.01. The Morgan fingerprint density at radius 3 is 2.62 bits per heavy atom. The van der Waals surface area contributed by atoms with Gasteiger partial charge in [-0.1, -0.05) is 25.1 Å². The number of hydrogen-bond donors (Lipinski definition) is 1. The van der Waals surface area contributed by atoms with E-state index in [1.54, 1.807) is 27.4 Å². The topological polar surface area (TPSA) is 114 Å². The van der Waals surface area contributed by atoms with Crippen molar-refractivity contribution in [3.63, 3.8) is 0 Å². The fourth-order valence-corrected chi connectivity index (χ4v) is 8.49. The number of halogens is 1. The normalized spacial score (nSPS) is 20.8. The zero-order valence-electron chi connectivity index (χ0n) is 31.8. The van der Waals surface area contributed by atoms with E-state index < -0.39 is 5.82 Å². The lowest BCUT2D eigenvalue weighted by Crippen LogP contribution is -2.54. The van der Waals surface area contributed by atoms with E-state index in [9.17, 15) is 4.79 Å². The number of likely N-dealkylation sites (N-methyl/N-ethyl adjacent to an activating group) is 1. The molecule has 0 radical (unpaired) electrons. The first-order valence-electron chi connectivity index (χ1n) is 18.8.